The normalized spacial score (nSPS) is 13.7. The fourth-order valence-corrected chi connectivity index (χ4v) is 5.03. The van der Waals surface area contributed by atoms with Crippen LogP contribution in [-0.4, -0.2) is 54.9 Å². The van der Waals surface area contributed by atoms with Crippen molar-refractivity contribution in [3.8, 4) is 5.69 Å². The molecule has 2 N–H and O–H groups in total. The smallest absolute Gasteiger partial charge is 0.232 e. The van der Waals surface area contributed by atoms with Crippen LogP contribution in [0.2, 0.25) is 0 Å². The molecular formula is C25H24N8OS. The summed E-state index contributed by atoms with van der Waals surface area (Å²) >= 11 is 1.62. The predicted molar refractivity (Wildman–Crippen MR) is 138 cm³/mol. The van der Waals surface area contributed by atoms with Crippen molar-refractivity contribution in [1.29, 1.82) is 0 Å². The standard InChI is InChI=1S/C25H24N8OS/c34-20-7-3-12-32(20)13-4-10-26-23-21-24(33(16-28-21)18-9-14-35-15-18)31-25(30-23)29-22-19-6-2-1-5-17(19)8-11-27-22/h1-2,5-6,8-9,11,14-16H,3-4,7,10,12-13H2,(H2,26,27,29,30,31). The van der Waals surface area contributed by atoms with Crippen LogP contribution in [0.1, 0.15) is 19.3 Å². The molecule has 0 radical (unpaired) electrons. The van der Waals surface area contributed by atoms with Crippen molar-refractivity contribution in [2.45, 2.75) is 19.3 Å². The van der Waals surface area contributed by atoms with Crippen LogP contribution in [0, 0.1) is 0 Å². The van der Waals surface area contributed by atoms with Crippen LogP contribution in [0.3, 0.4) is 0 Å². The Morgan fingerprint density at radius 3 is 2.86 bits per heavy atom. The van der Waals surface area contributed by atoms with E-state index in [1.54, 1.807) is 23.9 Å². The summed E-state index contributed by atoms with van der Waals surface area (Å²) < 4.78 is 1.96. The molecule has 4 aromatic heterocycles. The van der Waals surface area contributed by atoms with E-state index in [0.717, 1.165) is 42.4 Å². The third-order valence-electron chi connectivity index (χ3n) is 6.15. The molecule has 10 heteroatoms. The molecule has 1 saturated heterocycles. The van der Waals surface area contributed by atoms with Crippen LogP contribution in [0.5, 0.6) is 0 Å². The van der Waals surface area contributed by atoms with E-state index in [2.05, 4.69) is 32.0 Å². The van der Waals surface area contributed by atoms with Crippen molar-refractivity contribution in [2.75, 3.05) is 30.3 Å². The zero-order chi connectivity index (χ0) is 23.6. The summed E-state index contributed by atoms with van der Waals surface area (Å²) in [5, 5.41) is 12.9. The Hall–Kier alpha value is -4.05. The number of likely N-dealkylation sites (tertiary alicyclic amines) is 1. The Bertz CT molecular complexity index is 1490. The lowest BCUT2D eigenvalue weighted by atomic mass is 10.1. The first-order valence-corrected chi connectivity index (χ1v) is 12.6. The van der Waals surface area contributed by atoms with Crippen molar-refractivity contribution in [3.05, 3.63) is 59.7 Å². The van der Waals surface area contributed by atoms with E-state index >= 15 is 0 Å². The van der Waals surface area contributed by atoms with Gasteiger partial charge in [0.2, 0.25) is 11.9 Å². The molecule has 0 unspecified atom stereocenters. The zero-order valence-corrected chi connectivity index (χ0v) is 19.8. The molecule has 1 amide bonds. The number of rotatable bonds is 8. The SMILES string of the molecule is O=C1CCCN1CCCNc1nc(Nc2nccc3ccccc23)nc2c1ncn2-c1ccsc1. The van der Waals surface area contributed by atoms with Crippen LogP contribution in [0.25, 0.3) is 27.6 Å². The van der Waals surface area contributed by atoms with Crippen molar-refractivity contribution in [2.24, 2.45) is 0 Å². The Morgan fingerprint density at radius 2 is 2.00 bits per heavy atom. The summed E-state index contributed by atoms with van der Waals surface area (Å²) in [6.45, 7) is 2.27. The number of thiophene rings is 1. The third-order valence-corrected chi connectivity index (χ3v) is 6.82. The summed E-state index contributed by atoms with van der Waals surface area (Å²) in [4.78, 5) is 32.5. The molecule has 1 aliphatic rings. The average Bonchev–Trinajstić information content (AvgIpc) is 3.63. The Labute approximate surface area is 205 Å². The zero-order valence-electron chi connectivity index (χ0n) is 19.0. The number of carbonyl (C=O) groups is 1. The molecular weight excluding hydrogens is 460 g/mol. The summed E-state index contributed by atoms with van der Waals surface area (Å²) in [6.07, 6.45) is 6.00. The Morgan fingerprint density at radius 1 is 1.06 bits per heavy atom. The highest BCUT2D eigenvalue weighted by atomic mass is 32.1. The molecule has 9 nitrogen and oxygen atoms in total. The van der Waals surface area contributed by atoms with Crippen molar-refractivity contribution in [1.82, 2.24) is 29.4 Å². The topological polar surface area (TPSA) is 101 Å². The minimum atomic E-state index is 0.248. The van der Waals surface area contributed by atoms with E-state index in [-0.39, 0.29) is 5.91 Å². The number of nitrogens with zero attached hydrogens (tertiary/aromatic N) is 6. The third kappa shape index (κ3) is 4.28. The van der Waals surface area contributed by atoms with Gasteiger partial charge in [0.1, 0.15) is 12.1 Å². The second-order valence-electron chi connectivity index (χ2n) is 8.43. The van der Waals surface area contributed by atoms with Crippen LogP contribution >= 0.6 is 11.3 Å². The summed E-state index contributed by atoms with van der Waals surface area (Å²) in [6, 6.07) is 12.1. The van der Waals surface area contributed by atoms with Crippen molar-refractivity contribution >= 4 is 56.8 Å². The monoisotopic (exact) mass is 484 g/mol. The van der Waals surface area contributed by atoms with E-state index in [4.69, 9.17) is 9.97 Å². The summed E-state index contributed by atoms with van der Waals surface area (Å²) in [5.74, 6) is 2.04. The van der Waals surface area contributed by atoms with Gasteiger partial charge in [-0.05, 0) is 35.7 Å². The fraction of sp³-hybridized carbons (Fsp3) is 0.240. The van der Waals surface area contributed by atoms with Crippen LogP contribution in [-0.2, 0) is 4.79 Å². The van der Waals surface area contributed by atoms with Crippen molar-refractivity contribution < 1.29 is 4.79 Å². The Kier molecular flexibility index (Phi) is 5.71. The second-order valence-corrected chi connectivity index (χ2v) is 9.21. The average molecular weight is 485 g/mol. The highest BCUT2D eigenvalue weighted by molar-refractivity contribution is 7.08. The number of fused-ring (bicyclic) bond motifs is 2. The molecule has 0 aliphatic carbocycles. The maximum atomic E-state index is 11.9. The maximum Gasteiger partial charge on any atom is 0.232 e. The molecule has 1 aromatic carbocycles. The lowest BCUT2D eigenvalue weighted by molar-refractivity contribution is -0.127. The van der Waals surface area contributed by atoms with Gasteiger partial charge in [-0.1, -0.05) is 24.3 Å². The quantitative estimate of drug-likeness (QED) is 0.311. The van der Waals surface area contributed by atoms with Gasteiger partial charge in [-0.2, -0.15) is 21.3 Å². The molecule has 1 fully saturated rings. The number of hydrogen-bond donors (Lipinski definition) is 2. The molecule has 6 rings (SSSR count). The number of hydrogen-bond acceptors (Lipinski definition) is 8. The van der Waals surface area contributed by atoms with E-state index in [9.17, 15) is 4.79 Å². The van der Waals surface area contributed by atoms with Gasteiger partial charge < -0.3 is 15.5 Å². The van der Waals surface area contributed by atoms with E-state index in [1.165, 1.54) is 0 Å². The number of aromatic nitrogens is 5. The Balaban J connectivity index is 1.32. The molecule has 5 aromatic rings. The number of pyridine rings is 1. The van der Waals surface area contributed by atoms with Crippen LogP contribution in [0.15, 0.2) is 59.7 Å². The number of amides is 1. The molecule has 0 spiro atoms. The van der Waals surface area contributed by atoms with E-state index in [0.29, 0.717) is 41.7 Å². The number of nitrogens with one attached hydrogen (secondary N) is 2. The lowest BCUT2D eigenvalue weighted by Crippen LogP contribution is -2.27. The van der Waals surface area contributed by atoms with Crippen LogP contribution < -0.4 is 10.6 Å². The fourth-order valence-electron chi connectivity index (χ4n) is 4.40. The summed E-state index contributed by atoms with van der Waals surface area (Å²) in [5.41, 5.74) is 2.41. The highest BCUT2D eigenvalue weighted by Crippen LogP contribution is 2.27. The van der Waals surface area contributed by atoms with Gasteiger partial charge in [-0.15, -0.1) is 0 Å². The highest BCUT2D eigenvalue weighted by Gasteiger charge is 2.19. The molecule has 1 aliphatic heterocycles. The first kappa shape index (κ1) is 21.5. The summed E-state index contributed by atoms with van der Waals surface area (Å²) in [7, 11) is 0. The van der Waals surface area contributed by atoms with Gasteiger partial charge in [-0.3, -0.25) is 9.36 Å². The number of anilines is 3. The van der Waals surface area contributed by atoms with Gasteiger partial charge >= 0.3 is 0 Å². The van der Waals surface area contributed by atoms with E-state index < -0.39 is 0 Å². The molecule has 0 atom stereocenters. The van der Waals surface area contributed by atoms with Gasteiger partial charge in [0, 0.05) is 43.0 Å². The number of benzene rings is 1. The minimum Gasteiger partial charge on any atom is -0.368 e. The lowest BCUT2D eigenvalue weighted by Gasteiger charge is -2.16. The predicted octanol–water partition coefficient (Wildman–Crippen LogP) is 4.59. The second kappa shape index (κ2) is 9.30. The molecule has 5 heterocycles. The molecule has 0 saturated carbocycles. The first-order chi connectivity index (χ1) is 17.3. The van der Waals surface area contributed by atoms with Gasteiger partial charge in [0.25, 0.3) is 0 Å². The molecule has 0 bridgehead atoms. The number of carbonyl (C=O) groups excluding carboxylic acids is 1. The van der Waals surface area contributed by atoms with Gasteiger partial charge in [0.15, 0.2) is 17.0 Å². The van der Waals surface area contributed by atoms with Gasteiger partial charge in [0.05, 0.1) is 5.69 Å². The molecule has 35 heavy (non-hydrogen) atoms. The van der Waals surface area contributed by atoms with E-state index in [1.807, 2.05) is 45.2 Å². The van der Waals surface area contributed by atoms with Gasteiger partial charge in [-0.25, -0.2) is 9.97 Å². The largest absolute Gasteiger partial charge is 0.368 e. The maximum absolute atomic E-state index is 11.9. The minimum absolute atomic E-state index is 0.248. The van der Waals surface area contributed by atoms with Crippen molar-refractivity contribution in [3.63, 3.8) is 0 Å². The molecule has 176 valence electrons. The number of imidazole rings is 1. The first-order valence-electron chi connectivity index (χ1n) is 11.7. The van der Waals surface area contributed by atoms with Crippen LogP contribution in [0.4, 0.5) is 17.6 Å².